The molecular weight excluding hydrogens is 571 g/mol. The molecule has 2 aromatic carbocycles. The standard InChI is InChI=1S/C34H31FN8O2/c1-34(2,3)45-33(44)42-19-23-16-24(42)18-41(23)22-6-4-20(5-7-22)28-12-15-37-32-29(25-8-9-27(35)31-26(25)17-38-39-31)30(40-43(28)32)21-10-13-36-14-11-21/h4-15,17,23-24H,16,18-19H2,1-3H3,(H,38,39)/t23-,24-/m1/s1. The fourth-order valence-electron chi connectivity index (χ4n) is 6.69. The molecule has 2 aliphatic heterocycles. The summed E-state index contributed by atoms with van der Waals surface area (Å²) in [6.45, 7) is 7.13. The number of hydrogen-bond donors (Lipinski definition) is 1. The minimum atomic E-state index is -0.508. The van der Waals surface area contributed by atoms with E-state index in [9.17, 15) is 9.18 Å². The number of aromatic amines is 1. The van der Waals surface area contributed by atoms with E-state index in [1.54, 1.807) is 30.9 Å². The lowest BCUT2D eigenvalue weighted by Gasteiger charge is -2.36. The van der Waals surface area contributed by atoms with Crippen LogP contribution in [-0.4, -0.2) is 71.5 Å². The predicted octanol–water partition coefficient (Wildman–Crippen LogP) is 6.34. The van der Waals surface area contributed by atoms with E-state index in [1.165, 1.54) is 6.07 Å². The molecule has 4 aromatic heterocycles. The number of nitrogens with zero attached hydrogens (tertiary/aromatic N) is 7. The monoisotopic (exact) mass is 602 g/mol. The van der Waals surface area contributed by atoms with Crippen molar-refractivity contribution in [2.24, 2.45) is 0 Å². The van der Waals surface area contributed by atoms with Crippen LogP contribution >= 0.6 is 0 Å². The summed E-state index contributed by atoms with van der Waals surface area (Å²) in [5.41, 5.74) is 6.61. The summed E-state index contributed by atoms with van der Waals surface area (Å²) in [5, 5.41) is 12.6. The van der Waals surface area contributed by atoms with Crippen molar-refractivity contribution >= 4 is 28.3 Å². The van der Waals surface area contributed by atoms with Gasteiger partial charge < -0.3 is 14.5 Å². The zero-order valence-electron chi connectivity index (χ0n) is 25.1. The molecule has 6 heterocycles. The number of anilines is 1. The van der Waals surface area contributed by atoms with E-state index < -0.39 is 5.60 Å². The molecule has 0 radical (unpaired) electrons. The van der Waals surface area contributed by atoms with Gasteiger partial charge in [-0.05, 0) is 69.2 Å². The van der Waals surface area contributed by atoms with Gasteiger partial charge in [0.2, 0.25) is 0 Å². The molecule has 1 N–H and O–H groups in total. The summed E-state index contributed by atoms with van der Waals surface area (Å²) < 4.78 is 22.1. The molecule has 45 heavy (non-hydrogen) atoms. The maximum Gasteiger partial charge on any atom is 0.410 e. The number of ether oxygens (including phenoxy) is 1. The third kappa shape index (κ3) is 4.57. The van der Waals surface area contributed by atoms with E-state index in [0.717, 1.165) is 46.6 Å². The molecule has 0 unspecified atom stereocenters. The molecule has 0 spiro atoms. The van der Waals surface area contributed by atoms with Crippen LogP contribution in [0.25, 0.3) is 50.2 Å². The minimum absolute atomic E-state index is 0.145. The molecule has 2 bridgehead atoms. The van der Waals surface area contributed by atoms with Crippen LogP contribution in [0.4, 0.5) is 14.9 Å². The lowest BCUT2D eigenvalue weighted by Crippen LogP contribution is -2.50. The van der Waals surface area contributed by atoms with Crippen LogP contribution in [0.5, 0.6) is 0 Å². The van der Waals surface area contributed by atoms with Gasteiger partial charge in [0.1, 0.15) is 22.6 Å². The van der Waals surface area contributed by atoms with Crippen LogP contribution in [0.2, 0.25) is 0 Å². The van der Waals surface area contributed by atoms with Crippen molar-refractivity contribution < 1.29 is 13.9 Å². The highest BCUT2D eigenvalue weighted by molar-refractivity contribution is 6.03. The first-order valence-electron chi connectivity index (χ1n) is 15.0. The minimum Gasteiger partial charge on any atom is -0.444 e. The van der Waals surface area contributed by atoms with Gasteiger partial charge in [0.05, 0.1) is 23.5 Å². The number of carbonyl (C=O) groups excluding carboxylic acids is 1. The Labute approximate surface area is 258 Å². The Balaban J connectivity index is 1.15. The Kier molecular flexibility index (Phi) is 6.12. The van der Waals surface area contributed by atoms with Gasteiger partial charge in [-0.1, -0.05) is 18.2 Å². The first kappa shape index (κ1) is 27.2. The van der Waals surface area contributed by atoms with E-state index in [-0.39, 0.29) is 24.0 Å². The number of aromatic nitrogens is 6. The number of halogens is 1. The second-order valence-corrected chi connectivity index (χ2v) is 12.7. The third-order valence-corrected chi connectivity index (χ3v) is 8.67. The Morgan fingerprint density at radius 3 is 2.49 bits per heavy atom. The van der Waals surface area contributed by atoms with E-state index in [1.807, 2.05) is 48.4 Å². The van der Waals surface area contributed by atoms with Crippen LogP contribution in [0.1, 0.15) is 27.2 Å². The fraction of sp³-hybridized carbons (Fsp3) is 0.265. The molecule has 2 atom stereocenters. The first-order chi connectivity index (χ1) is 21.7. The molecule has 2 saturated heterocycles. The Morgan fingerprint density at radius 2 is 1.76 bits per heavy atom. The molecule has 6 aromatic rings. The second kappa shape index (κ2) is 10.1. The number of amides is 1. The lowest BCUT2D eigenvalue weighted by molar-refractivity contribution is 0.0214. The number of nitrogens with one attached hydrogen (secondary N) is 1. The summed E-state index contributed by atoms with van der Waals surface area (Å²) in [5.74, 6) is -0.370. The number of H-pyrrole nitrogens is 1. The largest absolute Gasteiger partial charge is 0.444 e. The average Bonchev–Trinajstić information content (AvgIpc) is 3.84. The summed E-state index contributed by atoms with van der Waals surface area (Å²) in [6, 6.07) is 17.8. The Hall–Kier alpha value is -5.32. The second-order valence-electron chi connectivity index (χ2n) is 12.7. The van der Waals surface area contributed by atoms with E-state index in [0.29, 0.717) is 28.8 Å². The highest BCUT2D eigenvalue weighted by Crippen LogP contribution is 2.40. The van der Waals surface area contributed by atoms with Gasteiger partial charge in [-0.25, -0.2) is 18.7 Å². The van der Waals surface area contributed by atoms with Crippen molar-refractivity contribution in [2.75, 3.05) is 18.0 Å². The number of carbonyl (C=O) groups is 1. The van der Waals surface area contributed by atoms with E-state index in [4.69, 9.17) is 14.8 Å². The topological polar surface area (TPSA) is 105 Å². The first-order valence-corrected chi connectivity index (χ1v) is 15.0. The summed E-state index contributed by atoms with van der Waals surface area (Å²) in [4.78, 5) is 25.9. The van der Waals surface area contributed by atoms with Gasteiger partial charge >= 0.3 is 6.09 Å². The van der Waals surface area contributed by atoms with Crippen molar-refractivity contribution in [3.63, 3.8) is 0 Å². The van der Waals surface area contributed by atoms with Crippen LogP contribution in [-0.2, 0) is 4.74 Å². The van der Waals surface area contributed by atoms with Crippen LogP contribution in [0.15, 0.2) is 79.4 Å². The SMILES string of the molecule is CC(C)(C)OC(=O)N1C[C@H]2C[C@@H]1CN2c1ccc(-c2ccnc3c(-c4ccc(F)c5[nH]ncc45)c(-c4ccncc4)nn23)cc1. The molecule has 2 aliphatic rings. The number of likely N-dealkylation sites (tertiary alicyclic amines) is 1. The van der Waals surface area contributed by atoms with Crippen molar-refractivity contribution in [1.29, 1.82) is 0 Å². The van der Waals surface area contributed by atoms with Crippen LogP contribution in [0, 0.1) is 5.82 Å². The van der Waals surface area contributed by atoms with Gasteiger partial charge in [-0.15, -0.1) is 0 Å². The molecular formula is C34H31FN8O2. The smallest absolute Gasteiger partial charge is 0.410 e. The number of fused-ring (bicyclic) bond motifs is 4. The summed E-state index contributed by atoms with van der Waals surface area (Å²) in [7, 11) is 0. The molecule has 1 amide bonds. The quantitative estimate of drug-likeness (QED) is 0.251. The average molecular weight is 603 g/mol. The number of benzene rings is 2. The Bertz CT molecular complexity index is 2070. The molecule has 8 rings (SSSR count). The maximum atomic E-state index is 14.6. The number of pyridine rings is 1. The molecule has 10 nitrogen and oxygen atoms in total. The lowest BCUT2D eigenvalue weighted by atomic mass is 9.98. The van der Waals surface area contributed by atoms with Crippen molar-refractivity contribution in [3.05, 3.63) is 85.2 Å². The molecule has 0 saturated carbocycles. The summed E-state index contributed by atoms with van der Waals surface area (Å²) >= 11 is 0. The third-order valence-electron chi connectivity index (χ3n) is 8.67. The summed E-state index contributed by atoms with van der Waals surface area (Å²) in [6.07, 6.45) is 7.57. The maximum absolute atomic E-state index is 14.6. The fourth-order valence-corrected chi connectivity index (χ4v) is 6.69. The zero-order chi connectivity index (χ0) is 30.9. The van der Waals surface area contributed by atoms with E-state index >= 15 is 0 Å². The molecule has 226 valence electrons. The number of rotatable bonds is 4. The highest BCUT2D eigenvalue weighted by atomic mass is 19.1. The van der Waals surface area contributed by atoms with Gasteiger partial charge in [0.25, 0.3) is 0 Å². The van der Waals surface area contributed by atoms with Gasteiger partial charge in [-0.2, -0.15) is 10.2 Å². The highest BCUT2D eigenvalue weighted by Gasteiger charge is 2.46. The normalized spacial score (nSPS) is 18.0. The zero-order valence-corrected chi connectivity index (χ0v) is 25.1. The molecule has 11 heteroatoms. The van der Waals surface area contributed by atoms with Crippen molar-refractivity contribution in [2.45, 2.75) is 44.9 Å². The molecule has 2 fully saturated rings. The van der Waals surface area contributed by atoms with Crippen molar-refractivity contribution in [1.82, 2.24) is 34.7 Å². The molecule has 0 aliphatic carbocycles. The van der Waals surface area contributed by atoms with Crippen LogP contribution < -0.4 is 4.90 Å². The van der Waals surface area contributed by atoms with Crippen LogP contribution in [0.3, 0.4) is 0 Å². The van der Waals surface area contributed by atoms with Gasteiger partial charge in [0.15, 0.2) is 5.65 Å². The van der Waals surface area contributed by atoms with Gasteiger partial charge in [-0.3, -0.25) is 10.1 Å². The Morgan fingerprint density at radius 1 is 0.956 bits per heavy atom. The number of hydrogen-bond acceptors (Lipinski definition) is 7. The predicted molar refractivity (Wildman–Crippen MR) is 169 cm³/mol. The number of piperazine rings is 1. The van der Waals surface area contributed by atoms with Crippen molar-refractivity contribution in [3.8, 4) is 33.6 Å². The van der Waals surface area contributed by atoms with Gasteiger partial charge in [0, 0.05) is 59.9 Å². The van der Waals surface area contributed by atoms with E-state index in [2.05, 4.69) is 44.3 Å².